The maximum Gasteiger partial charge on any atom is 0.123 e. The van der Waals surface area contributed by atoms with Crippen molar-refractivity contribution in [3.63, 3.8) is 0 Å². The molecule has 0 saturated carbocycles. The maximum absolute atomic E-state index is 12.8. The number of aryl methyl sites for hydroxylation is 1. The molecule has 2 aromatic carbocycles. The molecule has 2 aromatic rings. The number of halogens is 1. The maximum atomic E-state index is 12.8. The second kappa shape index (κ2) is 6.23. The lowest BCUT2D eigenvalue weighted by Crippen LogP contribution is -2.24. The molecule has 0 amide bonds. The zero-order valence-electron chi connectivity index (χ0n) is 11.4. The van der Waals surface area contributed by atoms with Crippen LogP contribution in [-0.4, -0.2) is 20.1 Å². The number of hydrogen-bond acceptors (Lipinski definition) is 2. The molecule has 0 heterocycles. The van der Waals surface area contributed by atoms with E-state index in [0.29, 0.717) is 0 Å². The molecule has 100 valence electrons. The molecule has 0 fully saturated rings. The summed E-state index contributed by atoms with van der Waals surface area (Å²) in [5.74, 6) is -0.206. The highest BCUT2D eigenvalue weighted by atomic mass is 19.1. The van der Waals surface area contributed by atoms with Crippen LogP contribution in [0.5, 0.6) is 0 Å². The van der Waals surface area contributed by atoms with Crippen LogP contribution in [0.25, 0.3) is 0 Å². The molecule has 19 heavy (non-hydrogen) atoms. The summed E-state index contributed by atoms with van der Waals surface area (Å²) in [6.07, 6.45) is 0. The lowest BCUT2D eigenvalue weighted by atomic mass is 10.2. The first kappa shape index (κ1) is 13.4. The standard InChI is InChI=1S/C16H19FN2/c1-13-3-9-16(10-4-13)19(2)12-11-18-15-7-5-14(17)6-8-15/h3-10,18H,11-12H2,1-2H3. The number of rotatable bonds is 5. The van der Waals surface area contributed by atoms with Crippen LogP contribution in [0.1, 0.15) is 5.56 Å². The van der Waals surface area contributed by atoms with Crippen LogP contribution in [-0.2, 0) is 0 Å². The van der Waals surface area contributed by atoms with Crippen molar-refractivity contribution in [3.8, 4) is 0 Å². The van der Waals surface area contributed by atoms with E-state index < -0.39 is 0 Å². The highest BCUT2D eigenvalue weighted by molar-refractivity contribution is 5.47. The Morgan fingerprint density at radius 2 is 1.63 bits per heavy atom. The molecule has 0 aromatic heterocycles. The van der Waals surface area contributed by atoms with Gasteiger partial charge in [0.15, 0.2) is 0 Å². The fourth-order valence-corrected chi connectivity index (χ4v) is 1.86. The molecule has 0 bridgehead atoms. The first-order chi connectivity index (χ1) is 9.15. The fourth-order valence-electron chi connectivity index (χ4n) is 1.86. The van der Waals surface area contributed by atoms with E-state index in [1.54, 1.807) is 12.1 Å². The van der Waals surface area contributed by atoms with Gasteiger partial charge in [0.1, 0.15) is 5.82 Å². The Labute approximate surface area is 113 Å². The molecule has 0 spiro atoms. The van der Waals surface area contributed by atoms with Crippen molar-refractivity contribution in [1.29, 1.82) is 0 Å². The Kier molecular flexibility index (Phi) is 4.39. The average molecular weight is 258 g/mol. The van der Waals surface area contributed by atoms with Gasteiger partial charge in [0, 0.05) is 31.5 Å². The van der Waals surface area contributed by atoms with Crippen LogP contribution in [0.4, 0.5) is 15.8 Å². The Hall–Kier alpha value is -2.03. The van der Waals surface area contributed by atoms with Gasteiger partial charge in [-0.15, -0.1) is 0 Å². The van der Waals surface area contributed by atoms with E-state index in [1.165, 1.54) is 23.4 Å². The van der Waals surface area contributed by atoms with Gasteiger partial charge >= 0.3 is 0 Å². The third-order valence-electron chi connectivity index (χ3n) is 3.10. The quantitative estimate of drug-likeness (QED) is 0.880. The summed E-state index contributed by atoms with van der Waals surface area (Å²) in [7, 11) is 2.07. The molecule has 1 N–H and O–H groups in total. The summed E-state index contributed by atoms with van der Waals surface area (Å²) >= 11 is 0. The number of benzene rings is 2. The molecule has 0 aliphatic carbocycles. The molecule has 2 rings (SSSR count). The van der Waals surface area contributed by atoms with Crippen molar-refractivity contribution >= 4 is 11.4 Å². The largest absolute Gasteiger partial charge is 0.383 e. The predicted molar refractivity (Wildman–Crippen MR) is 79.3 cm³/mol. The lowest BCUT2D eigenvalue weighted by Gasteiger charge is -2.20. The van der Waals surface area contributed by atoms with Gasteiger partial charge in [0.2, 0.25) is 0 Å². The Bertz CT molecular complexity index is 505. The van der Waals surface area contributed by atoms with E-state index in [9.17, 15) is 4.39 Å². The molecular weight excluding hydrogens is 239 g/mol. The highest BCUT2D eigenvalue weighted by Crippen LogP contribution is 2.13. The minimum absolute atomic E-state index is 0.206. The van der Waals surface area contributed by atoms with Crippen molar-refractivity contribution in [2.24, 2.45) is 0 Å². The van der Waals surface area contributed by atoms with Gasteiger partial charge in [0.25, 0.3) is 0 Å². The number of likely N-dealkylation sites (N-methyl/N-ethyl adjacent to an activating group) is 1. The normalized spacial score (nSPS) is 10.3. The van der Waals surface area contributed by atoms with Crippen LogP contribution >= 0.6 is 0 Å². The highest BCUT2D eigenvalue weighted by Gasteiger charge is 2.00. The van der Waals surface area contributed by atoms with E-state index in [1.807, 2.05) is 0 Å². The minimum atomic E-state index is -0.206. The molecule has 0 aliphatic rings. The smallest absolute Gasteiger partial charge is 0.123 e. The summed E-state index contributed by atoms with van der Waals surface area (Å²) in [6, 6.07) is 14.9. The molecule has 0 aliphatic heterocycles. The van der Waals surface area contributed by atoms with Crippen molar-refractivity contribution < 1.29 is 4.39 Å². The fraction of sp³-hybridized carbons (Fsp3) is 0.250. The van der Waals surface area contributed by atoms with Crippen LogP contribution in [0, 0.1) is 12.7 Å². The summed E-state index contributed by atoms with van der Waals surface area (Å²) in [4.78, 5) is 2.19. The second-order valence-electron chi connectivity index (χ2n) is 4.69. The summed E-state index contributed by atoms with van der Waals surface area (Å²) in [6.45, 7) is 3.79. The second-order valence-corrected chi connectivity index (χ2v) is 4.69. The van der Waals surface area contributed by atoms with Crippen LogP contribution < -0.4 is 10.2 Å². The van der Waals surface area contributed by atoms with E-state index >= 15 is 0 Å². The van der Waals surface area contributed by atoms with Crippen LogP contribution in [0.3, 0.4) is 0 Å². The van der Waals surface area contributed by atoms with Gasteiger partial charge in [0.05, 0.1) is 0 Å². The molecule has 0 radical (unpaired) electrons. The average Bonchev–Trinajstić information content (AvgIpc) is 2.41. The first-order valence-corrected chi connectivity index (χ1v) is 6.42. The van der Waals surface area contributed by atoms with Gasteiger partial charge in [-0.3, -0.25) is 0 Å². The Balaban J connectivity index is 1.82. The zero-order valence-corrected chi connectivity index (χ0v) is 11.4. The van der Waals surface area contributed by atoms with Crippen molar-refractivity contribution in [2.45, 2.75) is 6.92 Å². The van der Waals surface area contributed by atoms with E-state index in [0.717, 1.165) is 18.8 Å². The van der Waals surface area contributed by atoms with Crippen LogP contribution in [0.15, 0.2) is 48.5 Å². The van der Waals surface area contributed by atoms with Gasteiger partial charge in [-0.25, -0.2) is 4.39 Å². The molecule has 0 unspecified atom stereocenters. The van der Waals surface area contributed by atoms with Gasteiger partial charge in [-0.2, -0.15) is 0 Å². The summed E-state index contributed by atoms with van der Waals surface area (Å²) in [5, 5.41) is 3.28. The van der Waals surface area contributed by atoms with Crippen molar-refractivity contribution in [3.05, 3.63) is 59.9 Å². The number of nitrogens with one attached hydrogen (secondary N) is 1. The Morgan fingerprint density at radius 3 is 2.26 bits per heavy atom. The molecular formula is C16H19FN2. The molecule has 0 saturated heterocycles. The predicted octanol–water partition coefficient (Wildman–Crippen LogP) is 3.68. The summed E-state index contributed by atoms with van der Waals surface area (Å²) in [5.41, 5.74) is 3.41. The summed E-state index contributed by atoms with van der Waals surface area (Å²) < 4.78 is 12.8. The van der Waals surface area contributed by atoms with Crippen molar-refractivity contribution in [1.82, 2.24) is 0 Å². The monoisotopic (exact) mass is 258 g/mol. The molecule has 0 atom stereocenters. The molecule has 2 nitrogen and oxygen atoms in total. The lowest BCUT2D eigenvalue weighted by molar-refractivity contribution is 0.628. The third kappa shape index (κ3) is 3.98. The van der Waals surface area contributed by atoms with Gasteiger partial charge < -0.3 is 10.2 Å². The van der Waals surface area contributed by atoms with E-state index in [-0.39, 0.29) is 5.82 Å². The third-order valence-corrected chi connectivity index (χ3v) is 3.10. The van der Waals surface area contributed by atoms with Crippen LogP contribution in [0.2, 0.25) is 0 Å². The zero-order chi connectivity index (χ0) is 13.7. The van der Waals surface area contributed by atoms with Crippen molar-refractivity contribution in [2.75, 3.05) is 30.4 Å². The van der Waals surface area contributed by atoms with Gasteiger partial charge in [-0.1, -0.05) is 17.7 Å². The van der Waals surface area contributed by atoms with E-state index in [4.69, 9.17) is 0 Å². The number of nitrogens with zero attached hydrogens (tertiary/aromatic N) is 1. The first-order valence-electron chi connectivity index (χ1n) is 6.42. The SMILES string of the molecule is Cc1ccc(N(C)CCNc2ccc(F)cc2)cc1. The number of anilines is 2. The topological polar surface area (TPSA) is 15.3 Å². The Morgan fingerprint density at radius 1 is 1.00 bits per heavy atom. The number of hydrogen-bond donors (Lipinski definition) is 1. The molecule has 3 heteroatoms. The van der Waals surface area contributed by atoms with E-state index in [2.05, 4.69) is 48.5 Å². The minimum Gasteiger partial charge on any atom is -0.383 e. The van der Waals surface area contributed by atoms with Gasteiger partial charge in [-0.05, 0) is 43.3 Å².